The number of rotatable bonds is 6. The number of nitrogens with zero attached hydrogens (tertiary/aromatic N) is 4. The summed E-state index contributed by atoms with van der Waals surface area (Å²) in [5.74, 6) is -1.45. The minimum atomic E-state index is -0.574. The molecule has 1 spiro atoms. The van der Waals surface area contributed by atoms with Gasteiger partial charge in [-0.1, -0.05) is 6.07 Å². The molecule has 38 heavy (non-hydrogen) atoms. The average molecular weight is 522 g/mol. The minimum absolute atomic E-state index is 0.0831. The Balaban J connectivity index is 1.11. The molecule has 1 saturated carbocycles. The van der Waals surface area contributed by atoms with Crippen LogP contribution in [-0.4, -0.2) is 61.3 Å². The van der Waals surface area contributed by atoms with E-state index in [1.54, 1.807) is 17.0 Å². The fourth-order valence-corrected chi connectivity index (χ4v) is 5.27. The number of hydrogen-bond acceptors (Lipinski definition) is 6. The van der Waals surface area contributed by atoms with E-state index in [-0.39, 0.29) is 47.0 Å². The van der Waals surface area contributed by atoms with Gasteiger partial charge in [0, 0.05) is 36.2 Å². The number of benzene rings is 1. The summed E-state index contributed by atoms with van der Waals surface area (Å²) in [6, 6.07) is 8.18. The summed E-state index contributed by atoms with van der Waals surface area (Å²) in [4.78, 5) is 32.0. The van der Waals surface area contributed by atoms with Crippen LogP contribution in [0.25, 0.3) is 22.2 Å². The number of methoxy groups -OCH3 is 1. The van der Waals surface area contributed by atoms with Crippen LogP contribution in [0, 0.1) is 17.7 Å². The number of piperidine rings is 1. The zero-order valence-electron chi connectivity index (χ0n) is 20.6. The van der Waals surface area contributed by atoms with Crippen molar-refractivity contribution >= 4 is 22.7 Å². The van der Waals surface area contributed by atoms with Gasteiger partial charge in [0.2, 0.25) is 17.7 Å². The van der Waals surface area contributed by atoms with E-state index in [1.165, 1.54) is 19.2 Å². The SMILES string of the molecule is COc1cc(-c2cc(C(=O)N3CC[C@H](C(=O)NCc4ccc5[nH]nc(F)c5c4)CC34CC4)n[nH]2)c(F)cn1. The molecule has 12 heteroatoms. The Bertz CT molecular complexity index is 1540. The van der Waals surface area contributed by atoms with Gasteiger partial charge < -0.3 is 15.0 Å². The van der Waals surface area contributed by atoms with Gasteiger partial charge in [-0.05, 0) is 49.4 Å². The second-order valence-corrected chi connectivity index (χ2v) is 9.86. The topological polar surface area (TPSA) is 129 Å². The van der Waals surface area contributed by atoms with Crippen LogP contribution in [0.1, 0.15) is 41.7 Å². The van der Waals surface area contributed by atoms with Crippen molar-refractivity contribution in [3.63, 3.8) is 0 Å². The molecule has 10 nitrogen and oxygen atoms in total. The number of fused-ring (bicyclic) bond motifs is 1. The standard InChI is InChI=1S/C26H25F2N7O3/c1-38-22-9-16(18(27)13-29-22)20-10-21(33-32-20)25(37)35-7-4-15(11-26(35)5-6-26)24(36)30-12-14-2-3-19-17(8-14)23(28)34-31-19/h2-3,8-10,13,15H,4-7,11-12H2,1H3,(H,30,36)(H,31,34)(H,32,33)/t15-/m0/s1. The third kappa shape index (κ3) is 4.25. The summed E-state index contributed by atoms with van der Waals surface area (Å²) in [5.41, 5.74) is 1.73. The number of likely N-dealkylation sites (tertiary alicyclic amines) is 1. The predicted molar refractivity (Wildman–Crippen MR) is 132 cm³/mol. The zero-order chi connectivity index (χ0) is 26.4. The molecule has 4 heterocycles. The molecule has 3 N–H and O–H groups in total. The van der Waals surface area contributed by atoms with Crippen molar-refractivity contribution in [2.75, 3.05) is 13.7 Å². The third-order valence-corrected chi connectivity index (χ3v) is 7.52. The zero-order valence-corrected chi connectivity index (χ0v) is 20.6. The largest absolute Gasteiger partial charge is 0.481 e. The number of carbonyl (C=O) groups is 2. The molecule has 6 rings (SSSR count). The second kappa shape index (κ2) is 9.19. The van der Waals surface area contributed by atoms with Gasteiger partial charge in [0.25, 0.3) is 5.91 Å². The molecular weight excluding hydrogens is 496 g/mol. The van der Waals surface area contributed by atoms with Gasteiger partial charge >= 0.3 is 0 Å². The van der Waals surface area contributed by atoms with Crippen LogP contribution in [0.5, 0.6) is 5.88 Å². The van der Waals surface area contributed by atoms with Crippen molar-refractivity contribution in [1.29, 1.82) is 0 Å². The smallest absolute Gasteiger partial charge is 0.274 e. The molecule has 4 aromatic rings. The molecule has 0 unspecified atom stereocenters. The summed E-state index contributed by atoms with van der Waals surface area (Å²) >= 11 is 0. The number of aromatic amines is 2. The molecule has 1 atom stereocenters. The normalized spacial score (nSPS) is 18.1. The first kappa shape index (κ1) is 24.0. The van der Waals surface area contributed by atoms with Crippen molar-refractivity contribution in [3.8, 4) is 17.1 Å². The van der Waals surface area contributed by atoms with Crippen LogP contribution in [0.4, 0.5) is 8.78 Å². The number of carbonyl (C=O) groups excluding carboxylic acids is 2. The Morgan fingerprint density at radius 2 is 2.03 bits per heavy atom. The van der Waals surface area contributed by atoms with E-state index >= 15 is 0 Å². The number of H-pyrrole nitrogens is 2. The van der Waals surface area contributed by atoms with Gasteiger partial charge in [0.05, 0.1) is 29.9 Å². The summed E-state index contributed by atoms with van der Waals surface area (Å²) in [6.45, 7) is 0.695. The number of pyridine rings is 1. The van der Waals surface area contributed by atoms with Crippen LogP contribution in [0.2, 0.25) is 0 Å². The number of aromatic nitrogens is 5. The predicted octanol–water partition coefficient (Wildman–Crippen LogP) is 3.34. The molecule has 2 fully saturated rings. The fraction of sp³-hybridized carbons (Fsp3) is 0.346. The quantitative estimate of drug-likeness (QED) is 0.357. The van der Waals surface area contributed by atoms with Gasteiger partial charge in [-0.25, -0.2) is 9.37 Å². The van der Waals surface area contributed by atoms with E-state index in [4.69, 9.17) is 4.74 Å². The first-order chi connectivity index (χ1) is 18.4. The first-order valence-corrected chi connectivity index (χ1v) is 12.3. The van der Waals surface area contributed by atoms with E-state index < -0.39 is 11.8 Å². The average Bonchev–Trinajstić information content (AvgIpc) is 3.34. The Labute approximate surface area is 215 Å². The van der Waals surface area contributed by atoms with Crippen LogP contribution in [0.15, 0.2) is 36.5 Å². The lowest BCUT2D eigenvalue weighted by molar-refractivity contribution is -0.127. The van der Waals surface area contributed by atoms with E-state index in [2.05, 4.69) is 30.7 Å². The summed E-state index contributed by atoms with van der Waals surface area (Å²) < 4.78 is 33.2. The van der Waals surface area contributed by atoms with Gasteiger partial charge in [-0.3, -0.25) is 19.8 Å². The highest BCUT2D eigenvalue weighted by Gasteiger charge is 2.54. The summed E-state index contributed by atoms with van der Waals surface area (Å²) in [7, 11) is 1.44. The molecule has 196 valence electrons. The number of halogens is 2. The van der Waals surface area contributed by atoms with Crippen molar-refractivity contribution in [2.24, 2.45) is 5.92 Å². The monoisotopic (exact) mass is 521 g/mol. The molecule has 1 aliphatic heterocycles. The lowest BCUT2D eigenvalue weighted by atomic mass is 9.88. The molecule has 2 amide bonds. The van der Waals surface area contributed by atoms with Gasteiger partial charge in [-0.2, -0.15) is 9.49 Å². The van der Waals surface area contributed by atoms with Crippen molar-refractivity contribution in [3.05, 3.63) is 59.6 Å². The number of nitrogens with one attached hydrogen (secondary N) is 3. The fourth-order valence-electron chi connectivity index (χ4n) is 5.27. The number of amides is 2. The molecule has 0 radical (unpaired) electrons. The maximum atomic E-state index is 14.3. The van der Waals surface area contributed by atoms with Crippen LogP contribution < -0.4 is 10.1 Å². The maximum Gasteiger partial charge on any atom is 0.274 e. The Morgan fingerprint density at radius 1 is 1.18 bits per heavy atom. The van der Waals surface area contributed by atoms with E-state index in [1.807, 2.05) is 6.07 Å². The molecule has 1 aliphatic carbocycles. The molecule has 0 bridgehead atoms. The lowest BCUT2D eigenvalue weighted by Crippen LogP contribution is -2.50. The third-order valence-electron chi connectivity index (χ3n) is 7.52. The number of hydrogen-bond donors (Lipinski definition) is 3. The first-order valence-electron chi connectivity index (χ1n) is 12.3. The molecule has 1 saturated heterocycles. The lowest BCUT2D eigenvalue weighted by Gasteiger charge is -2.39. The highest BCUT2D eigenvalue weighted by molar-refractivity contribution is 5.94. The van der Waals surface area contributed by atoms with E-state index in [0.29, 0.717) is 36.0 Å². The molecular formula is C26H25F2N7O3. The van der Waals surface area contributed by atoms with Crippen LogP contribution >= 0.6 is 0 Å². The second-order valence-electron chi connectivity index (χ2n) is 9.86. The summed E-state index contributed by atoms with van der Waals surface area (Å²) in [5, 5.41) is 16.4. The highest BCUT2D eigenvalue weighted by Crippen LogP contribution is 2.50. The van der Waals surface area contributed by atoms with Crippen LogP contribution in [-0.2, 0) is 11.3 Å². The Kier molecular flexibility index (Phi) is 5.81. The van der Waals surface area contributed by atoms with Crippen molar-refractivity contribution in [1.82, 2.24) is 35.6 Å². The minimum Gasteiger partial charge on any atom is -0.481 e. The molecule has 3 aromatic heterocycles. The van der Waals surface area contributed by atoms with Crippen LogP contribution in [0.3, 0.4) is 0 Å². The van der Waals surface area contributed by atoms with E-state index in [9.17, 15) is 18.4 Å². The molecule has 1 aromatic carbocycles. The van der Waals surface area contributed by atoms with Gasteiger partial charge in [0.15, 0.2) is 11.5 Å². The van der Waals surface area contributed by atoms with Gasteiger partial charge in [-0.15, -0.1) is 5.10 Å². The van der Waals surface area contributed by atoms with Gasteiger partial charge in [0.1, 0.15) is 0 Å². The number of ether oxygens (including phenoxy) is 1. The van der Waals surface area contributed by atoms with Crippen molar-refractivity contribution < 1.29 is 23.1 Å². The Hall–Kier alpha value is -4.35. The van der Waals surface area contributed by atoms with E-state index in [0.717, 1.165) is 24.6 Å². The Morgan fingerprint density at radius 3 is 2.82 bits per heavy atom. The highest BCUT2D eigenvalue weighted by atomic mass is 19.1. The van der Waals surface area contributed by atoms with Crippen molar-refractivity contribution in [2.45, 2.75) is 37.8 Å². The maximum absolute atomic E-state index is 14.3. The summed E-state index contributed by atoms with van der Waals surface area (Å²) in [6.07, 6.45) is 3.76. The molecule has 2 aliphatic rings.